The number of rotatable bonds is 11. The Hall–Kier alpha value is -2.96. The molecule has 2 aliphatic rings. The van der Waals surface area contributed by atoms with Gasteiger partial charge in [-0.25, -0.2) is 0 Å². The van der Waals surface area contributed by atoms with Crippen LogP contribution < -0.4 is 5.32 Å². The molecule has 1 aliphatic carbocycles. The summed E-state index contributed by atoms with van der Waals surface area (Å²) in [5, 5.41) is 2.96. The van der Waals surface area contributed by atoms with Gasteiger partial charge in [-0.05, 0) is 43.7 Å². The summed E-state index contributed by atoms with van der Waals surface area (Å²) in [7, 11) is 0. The first-order chi connectivity index (χ1) is 16.4. The van der Waals surface area contributed by atoms with Crippen molar-refractivity contribution in [1.82, 2.24) is 15.1 Å². The Morgan fingerprint density at radius 1 is 1.09 bits per heavy atom. The van der Waals surface area contributed by atoms with Crippen LogP contribution in [0.3, 0.4) is 0 Å². The molecule has 1 aliphatic heterocycles. The van der Waals surface area contributed by atoms with E-state index < -0.39 is 6.04 Å². The number of aryl methyl sites for hydroxylation is 1. The van der Waals surface area contributed by atoms with Crippen molar-refractivity contribution in [3.63, 3.8) is 0 Å². The highest BCUT2D eigenvalue weighted by Crippen LogP contribution is 2.35. The van der Waals surface area contributed by atoms with Crippen LogP contribution in [0, 0.1) is 18.8 Å². The van der Waals surface area contributed by atoms with Crippen LogP contribution in [-0.4, -0.2) is 52.6 Å². The number of fused-ring (bicyclic) bond motifs is 1. The topological polar surface area (TPSA) is 86.8 Å². The third-order valence-corrected chi connectivity index (χ3v) is 6.97. The van der Waals surface area contributed by atoms with Crippen LogP contribution >= 0.6 is 0 Å². The fourth-order valence-electron chi connectivity index (χ4n) is 4.84. The second kappa shape index (κ2) is 12.0. The van der Waals surface area contributed by atoms with E-state index in [1.54, 1.807) is 4.90 Å². The highest BCUT2D eigenvalue weighted by molar-refractivity contribution is 6.05. The molecule has 0 radical (unpaired) electrons. The summed E-state index contributed by atoms with van der Waals surface area (Å²) in [6, 6.07) is 7.20. The number of nitrogens with one attached hydrogen (secondary N) is 1. The third kappa shape index (κ3) is 5.75. The molecule has 3 atom stereocenters. The molecule has 1 aromatic carbocycles. The van der Waals surface area contributed by atoms with Gasteiger partial charge >= 0.3 is 0 Å². The maximum absolute atomic E-state index is 13.5. The van der Waals surface area contributed by atoms with Gasteiger partial charge in [0.25, 0.3) is 0 Å². The van der Waals surface area contributed by atoms with E-state index in [0.717, 1.165) is 24.0 Å². The SMILES string of the molecule is CCCCNC(=O)C(CC)N(Cc1ccccc1C)C(=O)CCN1C(=O)[C@H]2CC=CC[C@H]2C1=O. The van der Waals surface area contributed by atoms with Crippen LogP contribution in [0.1, 0.15) is 63.5 Å². The lowest BCUT2D eigenvalue weighted by Gasteiger charge is -2.31. The molecule has 1 heterocycles. The Bertz CT molecular complexity index is 916. The van der Waals surface area contributed by atoms with Gasteiger partial charge in [0.1, 0.15) is 6.04 Å². The number of hydrogen-bond acceptors (Lipinski definition) is 4. The average molecular weight is 468 g/mol. The van der Waals surface area contributed by atoms with Crippen molar-refractivity contribution in [2.24, 2.45) is 11.8 Å². The molecule has 7 nitrogen and oxygen atoms in total. The Kier molecular flexibility index (Phi) is 9.02. The largest absolute Gasteiger partial charge is 0.354 e. The fourth-order valence-corrected chi connectivity index (χ4v) is 4.84. The lowest BCUT2D eigenvalue weighted by Crippen LogP contribution is -2.50. The minimum absolute atomic E-state index is 0.00890. The Morgan fingerprint density at radius 3 is 2.32 bits per heavy atom. The second-order valence-corrected chi connectivity index (χ2v) is 9.25. The first kappa shape index (κ1) is 25.7. The first-order valence-corrected chi connectivity index (χ1v) is 12.5. The van der Waals surface area contributed by atoms with E-state index >= 15 is 0 Å². The van der Waals surface area contributed by atoms with Gasteiger partial charge in [0.15, 0.2) is 0 Å². The highest BCUT2D eigenvalue weighted by atomic mass is 16.2. The number of carbonyl (C=O) groups excluding carboxylic acids is 4. The predicted molar refractivity (Wildman–Crippen MR) is 130 cm³/mol. The molecule has 0 spiro atoms. The van der Waals surface area contributed by atoms with E-state index in [2.05, 4.69) is 12.2 Å². The number of carbonyl (C=O) groups is 4. The van der Waals surface area contributed by atoms with E-state index in [1.165, 1.54) is 4.90 Å². The van der Waals surface area contributed by atoms with Crippen molar-refractivity contribution in [2.45, 2.75) is 71.9 Å². The molecule has 34 heavy (non-hydrogen) atoms. The number of unbranched alkanes of at least 4 members (excludes halogenated alkanes) is 1. The lowest BCUT2D eigenvalue weighted by molar-refractivity contribution is -0.144. The normalized spacial score (nSPS) is 20.3. The standard InChI is InChI=1S/C27H37N3O4/c1-4-6-16-28-25(32)23(5-2)30(18-20-12-8-7-11-19(20)3)24(31)15-17-29-26(33)21-13-9-10-14-22(21)27(29)34/h7-12,21-23H,4-6,13-18H2,1-3H3,(H,28,32)/t21-,22+,23?. The van der Waals surface area contributed by atoms with Gasteiger partial charge in [0.2, 0.25) is 23.6 Å². The van der Waals surface area contributed by atoms with Crippen LogP contribution in [0.5, 0.6) is 0 Å². The molecule has 1 N–H and O–H groups in total. The van der Waals surface area contributed by atoms with Crippen molar-refractivity contribution in [1.29, 1.82) is 0 Å². The van der Waals surface area contributed by atoms with E-state index in [1.807, 2.05) is 50.3 Å². The third-order valence-electron chi connectivity index (χ3n) is 6.97. The van der Waals surface area contributed by atoms with Crippen LogP contribution in [0.25, 0.3) is 0 Å². The quantitative estimate of drug-likeness (QED) is 0.307. The van der Waals surface area contributed by atoms with Gasteiger partial charge in [-0.3, -0.25) is 24.1 Å². The zero-order valence-corrected chi connectivity index (χ0v) is 20.6. The smallest absolute Gasteiger partial charge is 0.242 e. The molecule has 0 saturated carbocycles. The van der Waals surface area contributed by atoms with Gasteiger partial charge in [-0.15, -0.1) is 0 Å². The molecule has 1 fully saturated rings. The summed E-state index contributed by atoms with van der Waals surface area (Å²) in [6.07, 6.45) is 7.40. The summed E-state index contributed by atoms with van der Waals surface area (Å²) in [6.45, 7) is 6.88. The molecule has 0 bridgehead atoms. The maximum Gasteiger partial charge on any atom is 0.242 e. The van der Waals surface area contributed by atoms with Crippen molar-refractivity contribution in [3.8, 4) is 0 Å². The molecule has 184 valence electrons. The monoisotopic (exact) mass is 467 g/mol. The maximum atomic E-state index is 13.5. The van der Waals surface area contributed by atoms with Crippen molar-refractivity contribution < 1.29 is 19.2 Å². The molecular formula is C27H37N3O4. The van der Waals surface area contributed by atoms with Crippen molar-refractivity contribution >= 4 is 23.6 Å². The minimum Gasteiger partial charge on any atom is -0.354 e. The van der Waals surface area contributed by atoms with Crippen LogP contribution in [0.2, 0.25) is 0 Å². The van der Waals surface area contributed by atoms with Gasteiger partial charge in [-0.1, -0.05) is 56.7 Å². The van der Waals surface area contributed by atoms with E-state index in [9.17, 15) is 19.2 Å². The number of imide groups is 1. The fraction of sp³-hybridized carbons (Fsp3) is 0.556. The van der Waals surface area contributed by atoms with Gasteiger partial charge in [0.05, 0.1) is 11.8 Å². The van der Waals surface area contributed by atoms with E-state index in [-0.39, 0.29) is 48.4 Å². The number of benzene rings is 1. The number of nitrogens with zero attached hydrogens (tertiary/aromatic N) is 2. The number of allylic oxidation sites excluding steroid dienone is 2. The number of hydrogen-bond donors (Lipinski definition) is 1. The lowest BCUT2D eigenvalue weighted by atomic mass is 9.85. The minimum atomic E-state index is -0.610. The zero-order chi connectivity index (χ0) is 24.7. The molecule has 3 rings (SSSR count). The highest BCUT2D eigenvalue weighted by Gasteiger charge is 2.47. The summed E-state index contributed by atoms with van der Waals surface area (Å²) >= 11 is 0. The summed E-state index contributed by atoms with van der Waals surface area (Å²) in [5.41, 5.74) is 2.02. The number of amides is 4. The van der Waals surface area contributed by atoms with E-state index in [0.29, 0.717) is 32.4 Å². The summed E-state index contributed by atoms with van der Waals surface area (Å²) in [4.78, 5) is 54.9. The summed E-state index contributed by atoms with van der Waals surface area (Å²) < 4.78 is 0. The Morgan fingerprint density at radius 2 is 1.74 bits per heavy atom. The van der Waals surface area contributed by atoms with Gasteiger partial charge in [-0.2, -0.15) is 0 Å². The summed E-state index contributed by atoms with van der Waals surface area (Å²) in [5.74, 6) is -1.35. The first-order valence-electron chi connectivity index (χ1n) is 12.5. The molecule has 1 saturated heterocycles. The van der Waals surface area contributed by atoms with Crippen molar-refractivity contribution in [3.05, 3.63) is 47.5 Å². The average Bonchev–Trinajstić information content (AvgIpc) is 3.08. The Balaban J connectivity index is 1.74. The molecule has 1 unspecified atom stereocenters. The van der Waals surface area contributed by atoms with Crippen LogP contribution in [0.4, 0.5) is 0 Å². The molecule has 4 amide bonds. The molecule has 1 aromatic rings. The molecule has 0 aromatic heterocycles. The van der Waals surface area contributed by atoms with Gasteiger partial charge < -0.3 is 10.2 Å². The Labute approximate surface area is 202 Å². The predicted octanol–water partition coefficient (Wildman–Crippen LogP) is 3.36. The zero-order valence-electron chi connectivity index (χ0n) is 20.6. The number of likely N-dealkylation sites (tertiary alicyclic amines) is 1. The van der Waals surface area contributed by atoms with Crippen LogP contribution in [-0.2, 0) is 25.7 Å². The van der Waals surface area contributed by atoms with E-state index in [4.69, 9.17) is 0 Å². The van der Waals surface area contributed by atoms with Crippen molar-refractivity contribution in [2.75, 3.05) is 13.1 Å². The molecule has 7 heteroatoms. The second-order valence-electron chi connectivity index (χ2n) is 9.25. The molecular weight excluding hydrogens is 430 g/mol. The van der Waals surface area contributed by atoms with Gasteiger partial charge in [0, 0.05) is 26.1 Å². The van der Waals surface area contributed by atoms with Crippen LogP contribution in [0.15, 0.2) is 36.4 Å².